The molecule has 3 nitrogen and oxygen atoms in total. The lowest BCUT2D eigenvalue weighted by Gasteiger charge is -2.23. The molecule has 0 fully saturated rings. The first-order valence-electron chi connectivity index (χ1n) is 4.89. The van der Waals surface area contributed by atoms with Crippen LogP contribution < -0.4 is 4.74 Å². The van der Waals surface area contributed by atoms with Gasteiger partial charge in [0.15, 0.2) is 0 Å². The fraction of sp³-hybridized carbons (Fsp3) is 0.417. The van der Waals surface area contributed by atoms with E-state index >= 15 is 0 Å². The normalized spacial score (nSPS) is 12.8. The highest BCUT2D eigenvalue weighted by atomic mass is 19.1. The van der Waals surface area contributed by atoms with Crippen molar-refractivity contribution in [2.75, 3.05) is 7.11 Å². The number of alkyl halides is 1. The topological polar surface area (TPSA) is 38.7 Å². The molecule has 0 radical (unpaired) electrons. The Balaban J connectivity index is 3.26. The van der Waals surface area contributed by atoms with Crippen LogP contribution in [0, 0.1) is 0 Å². The van der Waals surface area contributed by atoms with Crippen molar-refractivity contribution in [1.29, 1.82) is 0 Å². The van der Waals surface area contributed by atoms with Crippen LogP contribution in [0.15, 0.2) is 29.3 Å². The lowest BCUT2D eigenvalue weighted by Crippen LogP contribution is -2.22. The summed E-state index contributed by atoms with van der Waals surface area (Å²) >= 11 is 0. The number of benzene rings is 1. The van der Waals surface area contributed by atoms with E-state index < -0.39 is 11.7 Å². The molecule has 0 aliphatic carbocycles. The van der Waals surface area contributed by atoms with Crippen LogP contribution in [0.5, 0.6) is 5.75 Å². The number of methoxy groups -OCH3 is 1. The van der Waals surface area contributed by atoms with Gasteiger partial charge >= 0.3 is 0 Å². The van der Waals surface area contributed by atoms with Gasteiger partial charge in [0.1, 0.15) is 17.5 Å². The quantitative estimate of drug-likeness (QED) is 0.581. The predicted octanol–water partition coefficient (Wildman–Crippen LogP) is 2.82. The summed E-state index contributed by atoms with van der Waals surface area (Å²) in [6.07, 6.45) is 1.40. The molecule has 1 atom stereocenters. The van der Waals surface area contributed by atoms with Crippen LogP contribution in [-0.2, 0) is 4.79 Å². The van der Waals surface area contributed by atoms with Crippen molar-refractivity contribution in [3.8, 4) is 5.75 Å². The monoisotopic (exact) mass is 223 g/mol. The summed E-state index contributed by atoms with van der Waals surface area (Å²) in [7, 11) is 1.49. The summed E-state index contributed by atoms with van der Waals surface area (Å²) in [5.74, 6) is 0.511. The number of ether oxygens (including phenoxy) is 1. The summed E-state index contributed by atoms with van der Waals surface area (Å²) in [5.41, 5.74) is -1.10. The Morgan fingerprint density at radius 3 is 2.56 bits per heavy atom. The van der Waals surface area contributed by atoms with Gasteiger partial charge in [-0.3, -0.25) is 0 Å². The van der Waals surface area contributed by atoms with Gasteiger partial charge in [-0.15, -0.1) is 0 Å². The zero-order valence-electron chi connectivity index (χ0n) is 9.53. The van der Waals surface area contributed by atoms with E-state index in [0.29, 0.717) is 11.3 Å². The summed E-state index contributed by atoms with van der Waals surface area (Å²) in [6.45, 7) is 2.73. The smallest absolute Gasteiger partial charge is 0.235 e. The van der Waals surface area contributed by atoms with Crippen LogP contribution in [0.2, 0.25) is 0 Å². The van der Waals surface area contributed by atoms with Crippen molar-refractivity contribution in [2.24, 2.45) is 4.99 Å². The molecule has 1 rings (SSSR count). The van der Waals surface area contributed by atoms with E-state index in [2.05, 4.69) is 4.99 Å². The van der Waals surface area contributed by atoms with Gasteiger partial charge in [0, 0.05) is 5.56 Å². The highest BCUT2D eigenvalue weighted by molar-refractivity contribution is 5.41. The number of isocyanates is 1. The molecule has 0 bridgehead atoms. The number of halogens is 1. The first-order chi connectivity index (χ1) is 7.50. The third-order valence-electron chi connectivity index (χ3n) is 2.27. The highest BCUT2D eigenvalue weighted by Crippen LogP contribution is 2.37. The summed E-state index contributed by atoms with van der Waals surface area (Å²) in [5, 5.41) is 0. The third-order valence-corrected chi connectivity index (χ3v) is 2.27. The number of hydrogen-bond donors (Lipinski definition) is 0. The van der Waals surface area contributed by atoms with Gasteiger partial charge in [-0.2, -0.15) is 4.99 Å². The Kier molecular flexibility index (Phi) is 3.80. The zero-order valence-corrected chi connectivity index (χ0v) is 9.53. The molecule has 0 heterocycles. The first-order valence-corrected chi connectivity index (χ1v) is 4.89. The molecular weight excluding hydrogens is 209 g/mol. The highest BCUT2D eigenvalue weighted by Gasteiger charge is 2.32. The van der Waals surface area contributed by atoms with Crippen molar-refractivity contribution >= 4 is 6.08 Å². The SMILES string of the molecule is COc1ccccc1C(N=C=O)C(C)(C)F. The largest absolute Gasteiger partial charge is 0.496 e. The zero-order chi connectivity index (χ0) is 12.2. The molecule has 0 saturated heterocycles. The Bertz CT molecular complexity index is 406. The second kappa shape index (κ2) is 4.90. The first kappa shape index (κ1) is 12.4. The van der Waals surface area contributed by atoms with Crippen molar-refractivity contribution < 1.29 is 13.9 Å². The van der Waals surface area contributed by atoms with Gasteiger partial charge in [0.05, 0.1) is 7.11 Å². The van der Waals surface area contributed by atoms with E-state index in [1.165, 1.54) is 27.0 Å². The molecule has 86 valence electrons. The molecule has 16 heavy (non-hydrogen) atoms. The van der Waals surface area contributed by atoms with Crippen LogP contribution in [0.4, 0.5) is 4.39 Å². The van der Waals surface area contributed by atoms with E-state index in [4.69, 9.17) is 4.74 Å². The Labute approximate surface area is 94.0 Å². The molecule has 1 aromatic carbocycles. The minimum absolute atomic E-state index is 0.511. The lowest BCUT2D eigenvalue weighted by atomic mass is 9.93. The van der Waals surface area contributed by atoms with E-state index in [0.717, 1.165) is 0 Å². The third kappa shape index (κ3) is 2.67. The average molecular weight is 223 g/mol. The minimum atomic E-state index is -1.65. The van der Waals surface area contributed by atoms with E-state index in [1.54, 1.807) is 24.3 Å². The van der Waals surface area contributed by atoms with Crippen LogP contribution in [0.3, 0.4) is 0 Å². The van der Waals surface area contributed by atoms with Crippen molar-refractivity contribution in [3.63, 3.8) is 0 Å². The van der Waals surface area contributed by atoms with Crippen LogP contribution in [-0.4, -0.2) is 18.9 Å². The number of rotatable bonds is 4. The Morgan fingerprint density at radius 2 is 2.06 bits per heavy atom. The molecule has 0 N–H and O–H groups in total. The average Bonchev–Trinajstić information content (AvgIpc) is 2.24. The van der Waals surface area contributed by atoms with Gasteiger partial charge in [-0.25, -0.2) is 9.18 Å². The molecule has 0 spiro atoms. The fourth-order valence-corrected chi connectivity index (χ4v) is 1.54. The maximum Gasteiger partial charge on any atom is 0.235 e. The minimum Gasteiger partial charge on any atom is -0.496 e. The molecule has 1 unspecified atom stereocenters. The van der Waals surface area contributed by atoms with E-state index in [1.807, 2.05) is 0 Å². The van der Waals surface area contributed by atoms with Gasteiger partial charge in [0.25, 0.3) is 0 Å². The van der Waals surface area contributed by atoms with Gasteiger partial charge < -0.3 is 4.74 Å². The van der Waals surface area contributed by atoms with E-state index in [9.17, 15) is 9.18 Å². The second-order valence-corrected chi connectivity index (χ2v) is 3.93. The predicted molar refractivity (Wildman–Crippen MR) is 59.0 cm³/mol. The maximum absolute atomic E-state index is 13.9. The number of hydrogen-bond acceptors (Lipinski definition) is 3. The molecule has 0 aromatic heterocycles. The van der Waals surface area contributed by atoms with E-state index in [-0.39, 0.29) is 0 Å². The fourth-order valence-electron chi connectivity index (χ4n) is 1.54. The Hall–Kier alpha value is -1.67. The number of nitrogens with zero attached hydrogens (tertiary/aromatic N) is 1. The molecule has 0 aliphatic rings. The van der Waals surface area contributed by atoms with Crippen LogP contribution in [0.1, 0.15) is 25.5 Å². The number of para-hydroxylation sites is 1. The summed E-state index contributed by atoms with van der Waals surface area (Å²) in [4.78, 5) is 13.8. The van der Waals surface area contributed by atoms with Crippen LogP contribution in [0.25, 0.3) is 0 Å². The molecule has 0 aliphatic heterocycles. The van der Waals surface area contributed by atoms with Crippen molar-refractivity contribution in [3.05, 3.63) is 29.8 Å². The molecular formula is C12H14FNO2. The maximum atomic E-state index is 13.9. The van der Waals surface area contributed by atoms with Crippen molar-refractivity contribution in [1.82, 2.24) is 0 Å². The number of aliphatic imine (C=N–C) groups is 1. The summed E-state index contributed by atoms with van der Waals surface area (Å²) < 4.78 is 19.0. The van der Waals surface area contributed by atoms with Gasteiger partial charge in [0.2, 0.25) is 6.08 Å². The molecule has 4 heteroatoms. The standard InChI is InChI=1S/C12H14FNO2/c1-12(2,13)11(14-8-15)9-6-4-5-7-10(9)16-3/h4-7,11H,1-3H3. The second-order valence-electron chi connectivity index (χ2n) is 3.93. The number of carbonyl (C=O) groups excluding carboxylic acids is 1. The molecule has 0 saturated carbocycles. The molecule has 0 amide bonds. The van der Waals surface area contributed by atoms with Gasteiger partial charge in [-0.05, 0) is 19.9 Å². The summed E-state index contributed by atoms with van der Waals surface area (Å²) in [6, 6.07) is 6.01. The Morgan fingerprint density at radius 1 is 1.44 bits per heavy atom. The van der Waals surface area contributed by atoms with Crippen LogP contribution >= 0.6 is 0 Å². The lowest BCUT2D eigenvalue weighted by molar-refractivity contribution is 0.173. The van der Waals surface area contributed by atoms with Crippen molar-refractivity contribution in [2.45, 2.75) is 25.6 Å². The molecule has 1 aromatic rings. The van der Waals surface area contributed by atoms with Gasteiger partial charge in [-0.1, -0.05) is 18.2 Å².